The van der Waals surface area contributed by atoms with E-state index in [0.29, 0.717) is 34.2 Å². The molecule has 142 valence electrons. The Morgan fingerprint density at radius 1 is 1.14 bits per heavy atom. The van der Waals surface area contributed by atoms with Gasteiger partial charge in [-0.05, 0) is 37.3 Å². The predicted molar refractivity (Wildman–Crippen MR) is 103 cm³/mol. The molecule has 0 radical (unpaired) electrons. The summed E-state index contributed by atoms with van der Waals surface area (Å²) in [6, 6.07) is 9.69. The second-order valence-corrected chi connectivity index (χ2v) is 6.05. The van der Waals surface area contributed by atoms with Crippen LogP contribution in [0.2, 0.25) is 0 Å². The van der Waals surface area contributed by atoms with Crippen LogP contribution < -0.4 is 21.1 Å². The van der Waals surface area contributed by atoms with Crippen molar-refractivity contribution < 1.29 is 13.5 Å². The van der Waals surface area contributed by atoms with Crippen molar-refractivity contribution in [2.75, 3.05) is 17.7 Å². The van der Waals surface area contributed by atoms with E-state index in [4.69, 9.17) is 9.15 Å². The van der Waals surface area contributed by atoms with E-state index in [-0.39, 0.29) is 5.75 Å². The minimum Gasteiger partial charge on any atom is -0.494 e. The summed E-state index contributed by atoms with van der Waals surface area (Å²) in [4.78, 5) is 22.6. The molecule has 4 aromatic rings. The fourth-order valence-electron chi connectivity index (χ4n) is 2.67. The number of oxazole rings is 1. The summed E-state index contributed by atoms with van der Waals surface area (Å²) >= 11 is 0. The number of hydrogen-bond donors (Lipinski definition) is 3. The summed E-state index contributed by atoms with van der Waals surface area (Å²) in [5, 5.41) is 6.14. The standard InChI is InChI=1S/C19H16FN5O3/c1-10-9-21-18(23-11-3-5-15(27-2)13(20)7-11)25-17(10)22-12-4-6-16-14(8-12)24-19(26)28-16/h3-9H,1-2H3,(H,24,26)(H2,21,22,23,25). The Morgan fingerprint density at radius 3 is 2.71 bits per heavy atom. The Labute approximate surface area is 158 Å². The minimum absolute atomic E-state index is 0.158. The highest BCUT2D eigenvalue weighted by Crippen LogP contribution is 2.25. The number of aromatic nitrogens is 3. The van der Waals surface area contributed by atoms with Gasteiger partial charge in [-0.25, -0.2) is 14.2 Å². The fraction of sp³-hybridized carbons (Fsp3) is 0.105. The van der Waals surface area contributed by atoms with Gasteiger partial charge in [-0.3, -0.25) is 4.98 Å². The minimum atomic E-state index is -0.511. The number of halogens is 1. The number of rotatable bonds is 5. The molecule has 0 unspecified atom stereocenters. The Balaban J connectivity index is 1.59. The molecule has 0 fully saturated rings. The molecule has 0 aliphatic carbocycles. The molecule has 3 N–H and O–H groups in total. The number of nitrogens with zero attached hydrogens (tertiary/aromatic N) is 2. The van der Waals surface area contributed by atoms with Crippen LogP contribution in [0.4, 0.5) is 27.5 Å². The number of aryl methyl sites for hydroxylation is 1. The zero-order valence-electron chi connectivity index (χ0n) is 15.0. The number of methoxy groups -OCH3 is 1. The lowest BCUT2D eigenvalue weighted by molar-refractivity contribution is 0.386. The van der Waals surface area contributed by atoms with Gasteiger partial charge in [0.1, 0.15) is 5.82 Å². The number of benzene rings is 2. The van der Waals surface area contributed by atoms with E-state index >= 15 is 0 Å². The van der Waals surface area contributed by atoms with Gasteiger partial charge in [0.25, 0.3) is 0 Å². The molecule has 0 aliphatic rings. The van der Waals surface area contributed by atoms with Crippen molar-refractivity contribution in [2.45, 2.75) is 6.92 Å². The van der Waals surface area contributed by atoms with Gasteiger partial charge in [-0.1, -0.05) is 0 Å². The quantitative estimate of drug-likeness (QED) is 0.482. The van der Waals surface area contributed by atoms with Gasteiger partial charge in [-0.15, -0.1) is 0 Å². The Bertz CT molecular complexity index is 1220. The second-order valence-electron chi connectivity index (χ2n) is 6.05. The summed E-state index contributed by atoms with van der Waals surface area (Å²) in [5.41, 5.74) is 3.07. The van der Waals surface area contributed by atoms with Crippen LogP contribution in [0.5, 0.6) is 5.75 Å². The first-order chi connectivity index (χ1) is 13.5. The van der Waals surface area contributed by atoms with Gasteiger partial charge in [0, 0.05) is 29.2 Å². The number of nitrogens with one attached hydrogen (secondary N) is 3. The molecule has 9 heteroatoms. The predicted octanol–water partition coefficient (Wildman–Crippen LogP) is 3.85. The first-order valence-electron chi connectivity index (χ1n) is 8.36. The van der Waals surface area contributed by atoms with Gasteiger partial charge < -0.3 is 19.8 Å². The summed E-state index contributed by atoms with van der Waals surface area (Å²) in [7, 11) is 1.41. The fourth-order valence-corrected chi connectivity index (χ4v) is 2.67. The Morgan fingerprint density at radius 2 is 1.93 bits per heavy atom. The highest BCUT2D eigenvalue weighted by atomic mass is 19.1. The molecule has 0 spiro atoms. The highest BCUT2D eigenvalue weighted by Gasteiger charge is 2.09. The average molecular weight is 381 g/mol. The van der Waals surface area contributed by atoms with Gasteiger partial charge in [0.2, 0.25) is 5.95 Å². The molecule has 4 rings (SSSR count). The van der Waals surface area contributed by atoms with Crippen molar-refractivity contribution in [3.8, 4) is 5.75 Å². The largest absolute Gasteiger partial charge is 0.494 e. The van der Waals surface area contributed by atoms with E-state index in [0.717, 1.165) is 5.56 Å². The summed E-state index contributed by atoms with van der Waals surface area (Å²) in [6.45, 7) is 1.86. The van der Waals surface area contributed by atoms with Crippen molar-refractivity contribution in [3.05, 3.63) is 64.5 Å². The molecule has 2 aromatic carbocycles. The third-order valence-corrected chi connectivity index (χ3v) is 4.06. The molecule has 28 heavy (non-hydrogen) atoms. The molecule has 0 saturated carbocycles. The van der Waals surface area contributed by atoms with Crippen LogP contribution in [0.1, 0.15) is 5.56 Å². The van der Waals surface area contributed by atoms with Crippen LogP contribution in [0.25, 0.3) is 11.1 Å². The molecule has 8 nitrogen and oxygen atoms in total. The number of anilines is 4. The van der Waals surface area contributed by atoms with Crippen molar-refractivity contribution in [1.29, 1.82) is 0 Å². The lowest BCUT2D eigenvalue weighted by Gasteiger charge is -2.11. The monoisotopic (exact) mass is 381 g/mol. The number of ether oxygens (including phenoxy) is 1. The normalized spacial score (nSPS) is 10.8. The smallest absolute Gasteiger partial charge is 0.417 e. The second kappa shape index (κ2) is 7.03. The SMILES string of the molecule is COc1ccc(Nc2ncc(C)c(Nc3ccc4oc(=O)[nH]c4c3)n2)cc1F. The third-order valence-electron chi connectivity index (χ3n) is 4.06. The van der Waals surface area contributed by atoms with E-state index in [1.54, 1.807) is 30.5 Å². The number of hydrogen-bond acceptors (Lipinski definition) is 7. The average Bonchev–Trinajstić information content (AvgIpc) is 3.04. The van der Waals surface area contributed by atoms with E-state index in [2.05, 4.69) is 25.6 Å². The number of fused-ring (bicyclic) bond motifs is 1. The van der Waals surface area contributed by atoms with Crippen molar-refractivity contribution in [3.63, 3.8) is 0 Å². The van der Waals surface area contributed by atoms with Crippen LogP contribution in [-0.4, -0.2) is 22.1 Å². The van der Waals surface area contributed by atoms with Gasteiger partial charge >= 0.3 is 5.76 Å². The third kappa shape index (κ3) is 3.50. The summed E-state index contributed by atoms with van der Waals surface area (Å²) in [6.07, 6.45) is 1.65. The molecule has 0 atom stereocenters. The molecule has 0 saturated heterocycles. The Hall–Kier alpha value is -3.88. The zero-order chi connectivity index (χ0) is 19.7. The molecule has 0 bridgehead atoms. The molecule has 2 heterocycles. The number of aromatic amines is 1. The lowest BCUT2D eigenvalue weighted by atomic mass is 10.2. The van der Waals surface area contributed by atoms with Crippen LogP contribution >= 0.6 is 0 Å². The highest BCUT2D eigenvalue weighted by molar-refractivity contribution is 5.78. The van der Waals surface area contributed by atoms with Crippen LogP contribution in [-0.2, 0) is 0 Å². The molecule has 0 amide bonds. The van der Waals surface area contributed by atoms with E-state index < -0.39 is 11.6 Å². The Kier molecular flexibility index (Phi) is 4.40. The van der Waals surface area contributed by atoms with Gasteiger partial charge in [-0.2, -0.15) is 4.98 Å². The maximum absolute atomic E-state index is 13.9. The van der Waals surface area contributed by atoms with Gasteiger partial charge in [0.05, 0.1) is 12.6 Å². The van der Waals surface area contributed by atoms with Crippen LogP contribution in [0, 0.1) is 12.7 Å². The summed E-state index contributed by atoms with van der Waals surface area (Å²) in [5.74, 6) is 0.0292. The van der Waals surface area contributed by atoms with E-state index in [9.17, 15) is 9.18 Å². The molecule has 2 aromatic heterocycles. The maximum Gasteiger partial charge on any atom is 0.417 e. The van der Waals surface area contributed by atoms with E-state index in [1.807, 2.05) is 6.92 Å². The molecular formula is C19H16FN5O3. The van der Waals surface area contributed by atoms with Crippen molar-refractivity contribution in [1.82, 2.24) is 15.0 Å². The van der Waals surface area contributed by atoms with E-state index in [1.165, 1.54) is 19.2 Å². The van der Waals surface area contributed by atoms with Crippen LogP contribution in [0.3, 0.4) is 0 Å². The van der Waals surface area contributed by atoms with Crippen molar-refractivity contribution >= 4 is 34.2 Å². The first kappa shape index (κ1) is 17.5. The first-order valence-corrected chi connectivity index (χ1v) is 8.36. The number of H-pyrrole nitrogens is 1. The van der Waals surface area contributed by atoms with Crippen LogP contribution in [0.15, 0.2) is 51.8 Å². The van der Waals surface area contributed by atoms with Crippen molar-refractivity contribution in [2.24, 2.45) is 0 Å². The topological polar surface area (TPSA) is 105 Å². The zero-order valence-corrected chi connectivity index (χ0v) is 15.0. The lowest BCUT2D eigenvalue weighted by Crippen LogP contribution is -2.03. The maximum atomic E-state index is 13.9. The molecule has 0 aliphatic heterocycles. The summed E-state index contributed by atoms with van der Waals surface area (Å²) < 4.78 is 23.8. The van der Waals surface area contributed by atoms with Gasteiger partial charge in [0.15, 0.2) is 17.1 Å². The molecular weight excluding hydrogens is 365 g/mol.